The molecule has 0 atom stereocenters. The number of hydrogen-bond acceptors (Lipinski definition) is 8. The van der Waals surface area contributed by atoms with Crippen LogP contribution in [0.25, 0.3) is 22.6 Å². The molecule has 2 N–H and O–H groups in total. The summed E-state index contributed by atoms with van der Waals surface area (Å²) in [6, 6.07) is 18.6. The molecule has 9 heteroatoms. The van der Waals surface area contributed by atoms with Gasteiger partial charge in [0.25, 0.3) is 0 Å². The van der Waals surface area contributed by atoms with Crippen LogP contribution in [0, 0.1) is 0 Å². The number of unbranched alkanes of at least 4 members (excludes halogenated alkanes) is 1. The van der Waals surface area contributed by atoms with Gasteiger partial charge >= 0.3 is 6.01 Å². The number of nitrogens with zero attached hydrogens (tertiary/aromatic N) is 5. The summed E-state index contributed by atoms with van der Waals surface area (Å²) in [6.07, 6.45) is 2.94. The minimum atomic E-state index is 0.282. The van der Waals surface area contributed by atoms with Gasteiger partial charge in [-0.15, -0.1) is 0 Å². The van der Waals surface area contributed by atoms with Gasteiger partial charge in [0.05, 0.1) is 33.0 Å². The maximum atomic E-state index is 6.32. The highest BCUT2D eigenvalue weighted by Crippen LogP contribution is 2.29. The average Bonchev–Trinajstić information content (AvgIpc) is 3.31. The second kappa shape index (κ2) is 12.7. The first-order valence-electron chi connectivity index (χ1n) is 13.4. The van der Waals surface area contributed by atoms with Gasteiger partial charge in [0.15, 0.2) is 17.0 Å². The molecule has 1 aliphatic heterocycles. The lowest BCUT2D eigenvalue weighted by molar-refractivity contribution is 0.0358. The first-order valence-corrected chi connectivity index (χ1v) is 13.4. The second-order valence-electron chi connectivity index (χ2n) is 9.45. The van der Waals surface area contributed by atoms with Crippen molar-refractivity contribution in [1.29, 1.82) is 0 Å². The SMILES string of the molecule is CCCCOc1nc(N)c2nc(-c3ccc(OCCCN4CCOCC4)cc3)n(Cc3ccccc3)c2n1. The van der Waals surface area contributed by atoms with Gasteiger partial charge in [0.1, 0.15) is 11.6 Å². The molecule has 5 rings (SSSR count). The van der Waals surface area contributed by atoms with Crippen LogP contribution in [0.3, 0.4) is 0 Å². The number of imidazole rings is 1. The van der Waals surface area contributed by atoms with Crippen LogP contribution in [-0.4, -0.2) is 70.5 Å². The van der Waals surface area contributed by atoms with Crippen LogP contribution in [0.2, 0.25) is 0 Å². The molecule has 2 aromatic heterocycles. The molecule has 4 aromatic rings. The molecule has 3 heterocycles. The van der Waals surface area contributed by atoms with E-state index in [9.17, 15) is 0 Å². The van der Waals surface area contributed by atoms with Gasteiger partial charge < -0.3 is 24.5 Å². The summed E-state index contributed by atoms with van der Waals surface area (Å²) in [4.78, 5) is 16.4. The largest absolute Gasteiger partial charge is 0.494 e. The Hall–Kier alpha value is -3.69. The van der Waals surface area contributed by atoms with E-state index in [1.165, 1.54) is 0 Å². The van der Waals surface area contributed by atoms with Crippen LogP contribution >= 0.6 is 0 Å². The van der Waals surface area contributed by atoms with Crippen molar-refractivity contribution in [2.45, 2.75) is 32.7 Å². The van der Waals surface area contributed by atoms with E-state index in [1.807, 2.05) is 42.5 Å². The number of anilines is 1. The quantitative estimate of drug-likeness (QED) is 0.277. The van der Waals surface area contributed by atoms with Crippen LogP contribution < -0.4 is 15.2 Å². The van der Waals surface area contributed by atoms with Gasteiger partial charge in [-0.1, -0.05) is 43.7 Å². The third-order valence-corrected chi connectivity index (χ3v) is 6.62. The summed E-state index contributed by atoms with van der Waals surface area (Å²) >= 11 is 0. The number of fused-ring (bicyclic) bond motifs is 1. The van der Waals surface area contributed by atoms with Crippen molar-refractivity contribution in [3.63, 3.8) is 0 Å². The van der Waals surface area contributed by atoms with Crippen molar-refractivity contribution in [2.75, 3.05) is 51.8 Å². The summed E-state index contributed by atoms with van der Waals surface area (Å²) in [5.41, 5.74) is 9.64. The molecule has 1 aliphatic rings. The highest BCUT2D eigenvalue weighted by molar-refractivity contribution is 5.86. The highest BCUT2D eigenvalue weighted by Gasteiger charge is 2.19. The monoisotopic (exact) mass is 516 g/mol. The molecule has 0 amide bonds. The number of ether oxygens (including phenoxy) is 3. The van der Waals surface area contributed by atoms with Crippen LogP contribution in [-0.2, 0) is 11.3 Å². The Morgan fingerprint density at radius 3 is 2.42 bits per heavy atom. The summed E-state index contributed by atoms with van der Waals surface area (Å²) in [7, 11) is 0. The van der Waals surface area contributed by atoms with Crippen LogP contribution in [0.5, 0.6) is 11.8 Å². The zero-order chi connectivity index (χ0) is 26.2. The van der Waals surface area contributed by atoms with Crippen LogP contribution in [0.15, 0.2) is 54.6 Å². The Balaban J connectivity index is 1.36. The standard InChI is InChI=1S/C29H36N6O3/c1-2-3-17-38-29-32-26(30)25-28(33-29)35(21-22-8-5-4-6-9-22)27(31-25)23-10-12-24(13-11-23)37-18-7-14-34-15-19-36-20-16-34/h4-6,8-13H,2-3,7,14-21H2,1H3,(H2,30,32,33). The lowest BCUT2D eigenvalue weighted by Gasteiger charge is -2.26. The van der Waals surface area contributed by atoms with Crippen molar-refractivity contribution in [3.05, 3.63) is 60.2 Å². The predicted molar refractivity (Wildman–Crippen MR) is 148 cm³/mol. The summed E-state index contributed by atoms with van der Waals surface area (Å²) in [5.74, 6) is 1.93. The fourth-order valence-corrected chi connectivity index (χ4v) is 4.51. The van der Waals surface area contributed by atoms with Gasteiger partial charge in [0, 0.05) is 25.2 Å². The molecule has 0 radical (unpaired) electrons. The summed E-state index contributed by atoms with van der Waals surface area (Å²) in [5, 5.41) is 0. The van der Waals surface area contributed by atoms with Crippen molar-refractivity contribution in [2.24, 2.45) is 0 Å². The van der Waals surface area contributed by atoms with E-state index < -0.39 is 0 Å². The number of nitrogens with two attached hydrogens (primary N) is 1. The van der Waals surface area contributed by atoms with Gasteiger partial charge in [-0.3, -0.25) is 4.90 Å². The highest BCUT2D eigenvalue weighted by atomic mass is 16.5. The van der Waals surface area contributed by atoms with E-state index in [0.717, 1.165) is 74.8 Å². The predicted octanol–water partition coefficient (Wildman–Crippen LogP) is 4.40. The molecule has 2 aromatic carbocycles. The Bertz CT molecular complexity index is 1300. The normalized spacial score (nSPS) is 14.1. The van der Waals surface area contributed by atoms with Gasteiger partial charge in [-0.2, -0.15) is 9.97 Å². The second-order valence-corrected chi connectivity index (χ2v) is 9.45. The molecule has 1 saturated heterocycles. The number of benzene rings is 2. The third-order valence-electron chi connectivity index (χ3n) is 6.62. The molecule has 200 valence electrons. The van der Waals surface area contributed by atoms with E-state index in [0.29, 0.717) is 36.7 Å². The van der Waals surface area contributed by atoms with E-state index in [1.54, 1.807) is 0 Å². The zero-order valence-corrected chi connectivity index (χ0v) is 22.0. The van der Waals surface area contributed by atoms with E-state index in [2.05, 4.69) is 33.5 Å². The number of nitrogen functional groups attached to an aromatic ring is 1. The summed E-state index contributed by atoms with van der Waals surface area (Å²) in [6.45, 7) is 8.61. The molecule has 38 heavy (non-hydrogen) atoms. The number of rotatable bonds is 12. The van der Waals surface area contributed by atoms with Crippen molar-refractivity contribution >= 4 is 17.0 Å². The average molecular weight is 517 g/mol. The first kappa shape index (κ1) is 25.9. The Morgan fingerprint density at radius 1 is 0.895 bits per heavy atom. The van der Waals surface area contributed by atoms with Crippen molar-refractivity contribution < 1.29 is 14.2 Å². The number of hydrogen-bond donors (Lipinski definition) is 1. The Labute approximate surface area is 223 Å². The fourth-order valence-electron chi connectivity index (χ4n) is 4.51. The molecular formula is C29H36N6O3. The minimum Gasteiger partial charge on any atom is -0.494 e. The topological polar surface area (TPSA) is 101 Å². The Morgan fingerprint density at radius 2 is 1.66 bits per heavy atom. The molecular weight excluding hydrogens is 480 g/mol. The maximum Gasteiger partial charge on any atom is 0.320 e. The van der Waals surface area contributed by atoms with Crippen molar-refractivity contribution in [3.8, 4) is 23.1 Å². The van der Waals surface area contributed by atoms with Gasteiger partial charge in [0.2, 0.25) is 0 Å². The molecule has 1 fully saturated rings. The smallest absolute Gasteiger partial charge is 0.320 e. The van der Waals surface area contributed by atoms with Gasteiger partial charge in [-0.05, 0) is 42.7 Å². The fraction of sp³-hybridized carbons (Fsp3) is 0.414. The van der Waals surface area contributed by atoms with Crippen LogP contribution in [0.4, 0.5) is 5.82 Å². The molecule has 0 unspecified atom stereocenters. The first-order chi connectivity index (χ1) is 18.7. The molecule has 0 spiro atoms. The van der Waals surface area contributed by atoms with Crippen LogP contribution in [0.1, 0.15) is 31.7 Å². The molecule has 0 aliphatic carbocycles. The number of morpholine rings is 1. The minimum absolute atomic E-state index is 0.282. The molecule has 9 nitrogen and oxygen atoms in total. The lowest BCUT2D eigenvalue weighted by Crippen LogP contribution is -2.37. The van der Waals surface area contributed by atoms with E-state index in [-0.39, 0.29) is 6.01 Å². The molecule has 0 saturated carbocycles. The lowest BCUT2D eigenvalue weighted by atomic mass is 10.2. The number of aromatic nitrogens is 4. The maximum absolute atomic E-state index is 6.32. The third kappa shape index (κ3) is 6.41. The van der Waals surface area contributed by atoms with E-state index >= 15 is 0 Å². The van der Waals surface area contributed by atoms with Gasteiger partial charge in [-0.25, -0.2) is 4.98 Å². The van der Waals surface area contributed by atoms with Crippen molar-refractivity contribution in [1.82, 2.24) is 24.4 Å². The Kier molecular flexibility index (Phi) is 8.67. The molecule has 0 bridgehead atoms. The zero-order valence-electron chi connectivity index (χ0n) is 22.0. The van der Waals surface area contributed by atoms with E-state index in [4.69, 9.17) is 29.9 Å². The summed E-state index contributed by atoms with van der Waals surface area (Å²) < 4.78 is 19.3.